The van der Waals surface area contributed by atoms with Crippen LogP contribution in [0.25, 0.3) is 0 Å². The Labute approximate surface area is 101 Å². The van der Waals surface area contributed by atoms with E-state index in [1.54, 1.807) is 4.90 Å². The van der Waals surface area contributed by atoms with Crippen molar-refractivity contribution in [3.05, 3.63) is 29.3 Å². The minimum atomic E-state index is -0.0310. The number of nitrogens with two attached hydrogens (primary N) is 1. The van der Waals surface area contributed by atoms with Gasteiger partial charge in [0.25, 0.3) is 0 Å². The highest BCUT2D eigenvalue weighted by Gasteiger charge is 2.21. The summed E-state index contributed by atoms with van der Waals surface area (Å²) in [6, 6.07) is 6.02. The van der Waals surface area contributed by atoms with Gasteiger partial charge in [0.15, 0.2) is 0 Å². The lowest BCUT2D eigenvalue weighted by Gasteiger charge is -2.26. The zero-order valence-corrected chi connectivity index (χ0v) is 10.2. The fourth-order valence-corrected chi connectivity index (χ4v) is 2.22. The van der Waals surface area contributed by atoms with Crippen molar-refractivity contribution in [3.63, 3.8) is 0 Å². The Hall–Kier alpha value is -1.00. The fourth-order valence-electron chi connectivity index (χ4n) is 2.01. The molecule has 0 bridgehead atoms. The molecule has 0 radical (unpaired) electrons. The molecule has 1 unspecified atom stereocenters. The topological polar surface area (TPSA) is 46.3 Å². The van der Waals surface area contributed by atoms with E-state index in [1.807, 2.05) is 19.2 Å². The second-order valence-electron chi connectivity index (χ2n) is 4.13. The van der Waals surface area contributed by atoms with Crippen LogP contribution >= 0.6 is 12.6 Å². The molecule has 1 amide bonds. The number of benzene rings is 1. The van der Waals surface area contributed by atoms with Gasteiger partial charge in [0.1, 0.15) is 0 Å². The highest BCUT2D eigenvalue weighted by atomic mass is 32.1. The molecule has 86 valence electrons. The average molecular weight is 236 g/mol. The highest BCUT2D eigenvalue weighted by Crippen LogP contribution is 2.29. The van der Waals surface area contributed by atoms with Crippen LogP contribution in [0.3, 0.4) is 0 Å². The Morgan fingerprint density at radius 2 is 2.25 bits per heavy atom. The molecule has 0 saturated carbocycles. The lowest BCUT2D eigenvalue weighted by Crippen LogP contribution is -2.31. The highest BCUT2D eigenvalue weighted by molar-refractivity contribution is 7.80. The molecular formula is C12H16N2OS. The van der Waals surface area contributed by atoms with Gasteiger partial charge in [-0.05, 0) is 23.6 Å². The smallest absolute Gasteiger partial charge is 0.227 e. The number of carbonyl (C=O) groups excluding carboxylic acids is 1. The van der Waals surface area contributed by atoms with Gasteiger partial charge in [0.05, 0.1) is 0 Å². The summed E-state index contributed by atoms with van der Waals surface area (Å²) in [7, 11) is 1.82. The number of hydrogen-bond donors (Lipinski definition) is 2. The van der Waals surface area contributed by atoms with Crippen molar-refractivity contribution in [2.75, 3.05) is 17.7 Å². The summed E-state index contributed by atoms with van der Waals surface area (Å²) in [5.41, 5.74) is 9.24. The monoisotopic (exact) mass is 236 g/mol. The Morgan fingerprint density at radius 3 is 2.94 bits per heavy atom. The third kappa shape index (κ3) is 1.95. The summed E-state index contributed by atoms with van der Waals surface area (Å²) in [6.45, 7) is 0. The van der Waals surface area contributed by atoms with E-state index in [-0.39, 0.29) is 11.9 Å². The molecule has 1 aromatic carbocycles. The van der Waals surface area contributed by atoms with Crippen LogP contribution < -0.4 is 10.6 Å². The molecule has 1 aliphatic heterocycles. The number of aryl methyl sites for hydroxylation is 1. The predicted octanol–water partition coefficient (Wildman–Crippen LogP) is 1.53. The third-order valence-electron chi connectivity index (χ3n) is 3.07. The minimum absolute atomic E-state index is 0.0310. The molecule has 2 N–H and O–H groups in total. The Bertz CT molecular complexity index is 419. The molecule has 0 saturated heterocycles. The van der Waals surface area contributed by atoms with Crippen LogP contribution in [-0.4, -0.2) is 18.7 Å². The number of hydrogen-bond acceptors (Lipinski definition) is 3. The molecular weight excluding hydrogens is 220 g/mol. The Balaban J connectivity index is 2.37. The van der Waals surface area contributed by atoms with E-state index >= 15 is 0 Å². The first-order valence-corrected chi connectivity index (χ1v) is 6.02. The van der Waals surface area contributed by atoms with Crippen LogP contribution in [0.15, 0.2) is 18.2 Å². The molecule has 1 aliphatic rings. The zero-order valence-electron chi connectivity index (χ0n) is 9.31. The second kappa shape index (κ2) is 4.47. The first-order valence-electron chi connectivity index (χ1n) is 5.39. The van der Waals surface area contributed by atoms with E-state index in [1.165, 1.54) is 5.56 Å². The van der Waals surface area contributed by atoms with Crippen LogP contribution in [0.2, 0.25) is 0 Å². The van der Waals surface area contributed by atoms with Gasteiger partial charge >= 0.3 is 0 Å². The summed E-state index contributed by atoms with van der Waals surface area (Å²) in [5.74, 6) is 0.812. The van der Waals surface area contributed by atoms with E-state index in [2.05, 4.69) is 18.7 Å². The van der Waals surface area contributed by atoms with E-state index in [4.69, 9.17) is 5.73 Å². The molecule has 0 aliphatic carbocycles. The molecule has 1 aromatic rings. The number of carbonyl (C=O) groups is 1. The third-order valence-corrected chi connectivity index (χ3v) is 3.47. The van der Waals surface area contributed by atoms with E-state index in [9.17, 15) is 4.79 Å². The molecule has 1 heterocycles. The van der Waals surface area contributed by atoms with Crippen LogP contribution in [-0.2, 0) is 11.2 Å². The number of thiol groups is 1. The molecule has 16 heavy (non-hydrogen) atoms. The lowest BCUT2D eigenvalue weighted by atomic mass is 9.97. The van der Waals surface area contributed by atoms with Gasteiger partial charge < -0.3 is 10.6 Å². The molecule has 1 atom stereocenters. The lowest BCUT2D eigenvalue weighted by molar-refractivity contribution is -0.118. The van der Waals surface area contributed by atoms with Crippen molar-refractivity contribution < 1.29 is 4.79 Å². The van der Waals surface area contributed by atoms with Crippen molar-refractivity contribution in [2.45, 2.75) is 18.9 Å². The van der Waals surface area contributed by atoms with Gasteiger partial charge in [-0.15, -0.1) is 0 Å². The molecule has 2 rings (SSSR count). The largest absolute Gasteiger partial charge is 0.323 e. The predicted molar refractivity (Wildman–Crippen MR) is 69.0 cm³/mol. The van der Waals surface area contributed by atoms with Crippen molar-refractivity contribution in [3.8, 4) is 0 Å². The zero-order chi connectivity index (χ0) is 11.7. The van der Waals surface area contributed by atoms with Gasteiger partial charge in [-0.25, -0.2) is 0 Å². The fraction of sp³-hybridized carbons (Fsp3) is 0.417. The molecule has 3 nitrogen and oxygen atoms in total. The van der Waals surface area contributed by atoms with Gasteiger partial charge in [-0.2, -0.15) is 12.6 Å². The van der Waals surface area contributed by atoms with Gasteiger partial charge in [-0.1, -0.05) is 12.1 Å². The molecule has 0 aromatic heterocycles. The van der Waals surface area contributed by atoms with Crippen molar-refractivity contribution >= 4 is 24.2 Å². The van der Waals surface area contributed by atoms with Crippen LogP contribution in [0, 0.1) is 0 Å². The summed E-state index contributed by atoms with van der Waals surface area (Å²) in [6.07, 6.45) is 1.40. The maximum Gasteiger partial charge on any atom is 0.227 e. The summed E-state index contributed by atoms with van der Waals surface area (Å²) in [5, 5.41) is 0. The van der Waals surface area contributed by atoms with Crippen LogP contribution in [0.5, 0.6) is 0 Å². The van der Waals surface area contributed by atoms with Crippen molar-refractivity contribution in [2.24, 2.45) is 5.73 Å². The first kappa shape index (κ1) is 11.5. The molecule has 0 spiro atoms. The quantitative estimate of drug-likeness (QED) is 0.765. The van der Waals surface area contributed by atoms with Gasteiger partial charge in [0, 0.05) is 31.0 Å². The summed E-state index contributed by atoms with van der Waals surface area (Å²) >= 11 is 4.20. The summed E-state index contributed by atoms with van der Waals surface area (Å²) < 4.78 is 0. The van der Waals surface area contributed by atoms with E-state index < -0.39 is 0 Å². The standard InChI is InChI=1S/C12H16N2OS/c1-14-11-4-2-8(10(13)7-16)6-9(11)3-5-12(14)15/h2,4,6,10,16H,3,5,7,13H2,1H3. The minimum Gasteiger partial charge on any atom is -0.323 e. The first-order chi connectivity index (χ1) is 7.63. The molecule has 0 fully saturated rings. The number of anilines is 1. The van der Waals surface area contributed by atoms with Gasteiger partial charge in [-0.3, -0.25) is 4.79 Å². The molecule has 4 heteroatoms. The van der Waals surface area contributed by atoms with Gasteiger partial charge in [0.2, 0.25) is 5.91 Å². The normalized spacial score (nSPS) is 17.2. The summed E-state index contributed by atoms with van der Waals surface area (Å²) in [4.78, 5) is 13.2. The Kier molecular flexibility index (Phi) is 3.21. The Morgan fingerprint density at radius 1 is 1.50 bits per heavy atom. The maximum atomic E-state index is 11.5. The van der Waals surface area contributed by atoms with E-state index in [0.29, 0.717) is 12.2 Å². The average Bonchev–Trinajstić information content (AvgIpc) is 2.32. The van der Waals surface area contributed by atoms with Crippen LogP contribution in [0.1, 0.15) is 23.6 Å². The number of amides is 1. The second-order valence-corrected chi connectivity index (χ2v) is 4.50. The van der Waals surface area contributed by atoms with Crippen LogP contribution in [0.4, 0.5) is 5.69 Å². The number of nitrogens with zero attached hydrogens (tertiary/aromatic N) is 1. The van der Waals surface area contributed by atoms with Crippen molar-refractivity contribution in [1.82, 2.24) is 0 Å². The van der Waals surface area contributed by atoms with Crippen molar-refractivity contribution in [1.29, 1.82) is 0 Å². The van der Waals surface area contributed by atoms with E-state index in [0.717, 1.165) is 17.7 Å². The number of fused-ring (bicyclic) bond motifs is 1. The SMILES string of the molecule is CN1C(=O)CCc2cc(C(N)CS)ccc21. The number of rotatable bonds is 2. The maximum absolute atomic E-state index is 11.5.